The molecular weight excluding hydrogens is 306 g/mol. The van der Waals surface area contributed by atoms with Crippen molar-refractivity contribution in [2.45, 2.75) is 12.6 Å². The molecule has 0 aliphatic heterocycles. The van der Waals surface area contributed by atoms with Crippen LogP contribution in [-0.2, 0) is 15.8 Å². The van der Waals surface area contributed by atoms with Crippen LogP contribution in [0.5, 0.6) is 0 Å². The van der Waals surface area contributed by atoms with Gasteiger partial charge in [-0.05, 0) is 18.2 Å². The van der Waals surface area contributed by atoms with Crippen molar-refractivity contribution in [2.75, 3.05) is 18.9 Å². The van der Waals surface area contributed by atoms with E-state index in [1.54, 1.807) is 11.4 Å². The first kappa shape index (κ1) is 17.4. The van der Waals surface area contributed by atoms with Crippen LogP contribution in [0.2, 0.25) is 0 Å². The van der Waals surface area contributed by atoms with Crippen LogP contribution in [0.25, 0.3) is 0 Å². The van der Waals surface area contributed by atoms with Gasteiger partial charge in [-0.15, -0.1) is 0 Å². The molecule has 0 aliphatic rings. The average Bonchev–Trinajstić information content (AvgIpc) is 2.44. The van der Waals surface area contributed by atoms with Gasteiger partial charge in [-0.25, -0.2) is 4.39 Å². The number of amides is 2. The number of anilines is 1. The van der Waals surface area contributed by atoms with Gasteiger partial charge in [-0.3, -0.25) is 9.59 Å². The number of likely N-dealkylation sites (N-methyl/N-ethyl adjacent to an activating group) is 1. The number of carbonyl (C=O) groups is 2. The van der Waals surface area contributed by atoms with Crippen molar-refractivity contribution in [3.05, 3.63) is 29.6 Å². The van der Waals surface area contributed by atoms with E-state index in [4.69, 9.17) is 5.26 Å². The molecule has 0 spiro atoms. The van der Waals surface area contributed by atoms with E-state index in [2.05, 4.69) is 0 Å². The van der Waals surface area contributed by atoms with Gasteiger partial charge in [0, 0.05) is 13.6 Å². The first-order chi connectivity index (χ1) is 10.2. The maximum Gasteiger partial charge on any atom is 0.416 e. The largest absolute Gasteiger partial charge is 0.416 e. The Balaban J connectivity index is 2.88. The Morgan fingerprint density at radius 1 is 1.36 bits per heavy atom. The summed E-state index contributed by atoms with van der Waals surface area (Å²) in [4.78, 5) is 24.1. The molecule has 0 bridgehead atoms. The summed E-state index contributed by atoms with van der Waals surface area (Å²) in [6.45, 7) is -0.0339. The van der Waals surface area contributed by atoms with Gasteiger partial charge in [0.25, 0.3) is 0 Å². The second kappa shape index (κ2) is 6.89. The van der Waals surface area contributed by atoms with E-state index >= 15 is 0 Å². The minimum atomic E-state index is -4.71. The second-order valence-electron chi connectivity index (χ2n) is 4.28. The summed E-state index contributed by atoms with van der Waals surface area (Å²) in [5.74, 6) is -3.49. The fourth-order valence-electron chi connectivity index (χ4n) is 1.47. The van der Waals surface area contributed by atoms with Crippen LogP contribution in [0, 0.1) is 17.1 Å². The minimum Gasteiger partial charge on any atom is -0.336 e. The van der Waals surface area contributed by atoms with Crippen LogP contribution in [0.1, 0.15) is 12.0 Å². The number of hydrogen-bond donors (Lipinski definition) is 1. The molecule has 1 rings (SSSR count). The van der Waals surface area contributed by atoms with E-state index in [0.717, 1.165) is 4.90 Å². The van der Waals surface area contributed by atoms with E-state index in [9.17, 15) is 27.2 Å². The Bertz CT molecular complexity index is 623. The fraction of sp³-hybridized carbons (Fsp3) is 0.308. The van der Waals surface area contributed by atoms with E-state index < -0.39 is 35.1 Å². The molecule has 0 saturated heterocycles. The number of halogens is 4. The zero-order valence-electron chi connectivity index (χ0n) is 11.4. The maximum absolute atomic E-state index is 13.4. The monoisotopic (exact) mass is 317 g/mol. The van der Waals surface area contributed by atoms with Gasteiger partial charge in [0.15, 0.2) is 0 Å². The highest BCUT2D eigenvalue weighted by molar-refractivity contribution is 6.39. The molecule has 0 aliphatic carbocycles. The lowest BCUT2D eigenvalue weighted by atomic mass is 10.2. The number of rotatable bonds is 3. The molecule has 0 saturated carbocycles. The zero-order valence-corrected chi connectivity index (χ0v) is 11.4. The zero-order chi connectivity index (χ0) is 16.9. The number of benzene rings is 1. The third-order valence-electron chi connectivity index (χ3n) is 2.64. The quantitative estimate of drug-likeness (QED) is 0.686. The summed E-state index contributed by atoms with van der Waals surface area (Å²) in [6.07, 6.45) is -4.73. The second-order valence-corrected chi connectivity index (χ2v) is 4.28. The molecule has 0 unspecified atom stereocenters. The number of alkyl halides is 3. The Labute approximate surface area is 123 Å². The standard InChI is InChI=1S/C13H11F4N3O2/c1-20(6-2-5-18)12(22)11(21)19-10-7-8(13(15,16)17)3-4-9(10)14/h3-4,7H,2,6H2,1H3,(H,19,21). The Morgan fingerprint density at radius 3 is 2.55 bits per heavy atom. The molecule has 0 heterocycles. The van der Waals surface area contributed by atoms with Crippen molar-refractivity contribution in [1.29, 1.82) is 5.26 Å². The normalized spacial score (nSPS) is 10.7. The first-order valence-electron chi connectivity index (χ1n) is 5.97. The van der Waals surface area contributed by atoms with Crippen LogP contribution in [-0.4, -0.2) is 30.3 Å². The van der Waals surface area contributed by atoms with Crippen molar-refractivity contribution in [1.82, 2.24) is 4.90 Å². The molecule has 5 nitrogen and oxygen atoms in total. The molecule has 9 heteroatoms. The molecule has 0 aromatic heterocycles. The minimum absolute atomic E-state index is 0.0204. The van der Waals surface area contributed by atoms with Gasteiger partial charge < -0.3 is 10.2 Å². The lowest BCUT2D eigenvalue weighted by Gasteiger charge is -2.15. The maximum atomic E-state index is 13.4. The smallest absolute Gasteiger partial charge is 0.336 e. The van der Waals surface area contributed by atoms with E-state index in [1.165, 1.54) is 7.05 Å². The van der Waals surface area contributed by atoms with Crippen molar-refractivity contribution in [2.24, 2.45) is 0 Å². The van der Waals surface area contributed by atoms with Crippen LogP contribution in [0.4, 0.5) is 23.2 Å². The highest BCUT2D eigenvalue weighted by Crippen LogP contribution is 2.31. The first-order valence-corrected chi connectivity index (χ1v) is 5.97. The van der Waals surface area contributed by atoms with Gasteiger partial charge in [0.1, 0.15) is 5.82 Å². The van der Waals surface area contributed by atoms with Gasteiger partial charge in [0.2, 0.25) is 0 Å². The lowest BCUT2D eigenvalue weighted by molar-refractivity contribution is -0.142. The molecule has 0 atom stereocenters. The predicted octanol–water partition coefficient (Wildman–Crippen LogP) is 2.16. The van der Waals surface area contributed by atoms with Gasteiger partial charge in [-0.2, -0.15) is 18.4 Å². The summed E-state index contributed by atoms with van der Waals surface area (Å²) in [6, 6.07) is 3.23. The Kier molecular flexibility index (Phi) is 5.45. The van der Waals surface area contributed by atoms with Crippen LogP contribution < -0.4 is 5.32 Å². The summed E-state index contributed by atoms with van der Waals surface area (Å²) >= 11 is 0. The summed E-state index contributed by atoms with van der Waals surface area (Å²) < 4.78 is 51.0. The SMILES string of the molecule is CN(CCC#N)C(=O)C(=O)Nc1cc(C(F)(F)F)ccc1F. The predicted molar refractivity (Wildman–Crippen MR) is 67.9 cm³/mol. The van der Waals surface area contributed by atoms with Gasteiger partial charge in [0.05, 0.1) is 23.7 Å². The molecule has 2 amide bonds. The highest BCUT2D eigenvalue weighted by atomic mass is 19.4. The van der Waals surface area contributed by atoms with Gasteiger partial charge >= 0.3 is 18.0 Å². The Morgan fingerprint density at radius 2 is 2.00 bits per heavy atom. The molecule has 0 radical (unpaired) electrons. The molecule has 22 heavy (non-hydrogen) atoms. The number of nitriles is 1. The number of nitrogens with zero attached hydrogens (tertiary/aromatic N) is 2. The van der Waals surface area contributed by atoms with E-state index in [0.29, 0.717) is 18.2 Å². The topological polar surface area (TPSA) is 73.2 Å². The summed E-state index contributed by atoms with van der Waals surface area (Å²) in [7, 11) is 1.24. The molecule has 1 aromatic carbocycles. The highest BCUT2D eigenvalue weighted by Gasteiger charge is 2.31. The fourth-order valence-corrected chi connectivity index (χ4v) is 1.47. The summed E-state index contributed by atoms with van der Waals surface area (Å²) in [5.41, 5.74) is -1.91. The number of carbonyl (C=O) groups excluding carboxylic acids is 2. The van der Waals surface area contributed by atoms with E-state index in [-0.39, 0.29) is 13.0 Å². The summed E-state index contributed by atoms with van der Waals surface area (Å²) in [5, 5.41) is 10.2. The van der Waals surface area contributed by atoms with Gasteiger partial charge in [-0.1, -0.05) is 0 Å². The number of hydrogen-bond acceptors (Lipinski definition) is 3. The van der Waals surface area contributed by atoms with Crippen molar-refractivity contribution in [3.8, 4) is 6.07 Å². The van der Waals surface area contributed by atoms with Crippen LogP contribution >= 0.6 is 0 Å². The van der Waals surface area contributed by atoms with Crippen molar-refractivity contribution >= 4 is 17.5 Å². The van der Waals surface area contributed by atoms with Crippen LogP contribution in [0.15, 0.2) is 18.2 Å². The van der Waals surface area contributed by atoms with Crippen molar-refractivity contribution in [3.63, 3.8) is 0 Å². The molecular formula is C13H11F4N3O2. The molecule has 118 valence electrons. The molecule has 0 fully saturated rings. The number of nitrogens with one attached hydrogen (secondary N) is 1. The molecule has 1 aromatic rings. The van der Waals surface area contributed by atoms with E-state index in [1.807, 2.05) is 0 Å². The third kappa shape index (κ3) is 4.44. The Hall–Kier alpha value is -2.63. The van der Waals surface area contributed by atoms with Crippen LogP contribution in [0.3, 0.4) is 0 Å². The molecule has 1 N–H and O–H groups in total. The third-order valence-corrected chi connectivity index (χ3v) is 2.64. The lowest BCUT2D eigenvalue weighted by Crippen LogP contribution is -2.37. The van der Waals surface area contributed by atoms with Crippen molar-refractivity contribution < 1.29 is 27.2 Å². The average molecular weight is 317 g/mol.